The van der Waals surface area contributed by atoms with Crippen LogP contribution in [0.3, 0.4) is 0 Å². The number of halogens is 1. The van der Waals surface area contributed by atoms with Crippen LogP contribution in [0.1, 0.15) is 33.1 Å². The molecule has 2 aliphatic heterocycles. The minimum Gasteiger partial charge on any atom is -0.327 e. The molecule has 0 aliphatic carbocycles. The lowest BCUT2D eigenvalue weighted by Crippen LogP contribution is -2.60. The number of amides is 1. The maximum absolute atomic E-state index is 13.5. The molecule has 2 fully saturated rings. The number of carbonyl (C=O) groups is 1. The highest BCUT2D eigenvalue weighted by atomic mass is 19.1. The minimum absolute atomic E-state index is 0.0136. The number of hydrogen-bond donors (Lipinski definition) is 1. The molecular formula is C18H26FN3O. The van der Waals surface area contributed by atoms with Gasteiger partial charge >= 0.3 is 0 Å². The van der Waals surface area contributed by atoms with Gasteiger partial charge in [0.15, 0.2) is 0 Å². The fraction of sp³-hybridized carbons (Fsp3) is 0.611. The third-order valence-electron chi connectivity index (χ3n) is 5.31. The molecular weight excluding hydrogens is 293 g/mol. The predicted octanol–water partition coefficient (Wildman–Crippen LogP) is 2.38. The summed E-state index contributed by atoms with van der Waals surface area (Å²) in [6.45, 7) is 6.69. The van der Waals surface area contributed by atoms with Gasteiger partial charge in [-0.05, 0) is 42.9 Å². The summed E-state index contributed by atoms with van der Waals surface area (Å²) < 4.78 is 13.5. The van der Waals surface area contributed by atoms with E-state index >= 15 is 0 Å². The number of carbonyl (C=O) groups excluding carboxylic acids is 1. The van der Waals surface area contributed by atoms with E-state index in [0.29, 0.717) is 12.2 Å². The average molecular weight is 319 g/mol. The molecule has 2 N–H and O–H groups in total. The van der Waals surface area contributed by atoms with Gasteiger partial charge in [-0.2, -0.15) is 0 Å². The van der Waals surface area contributed by atoms with E-state index in [2.05, 4.69) is 18.7 Å². The zero-order valence-electron chi connectivity index (χ0n) is 14.0. The van der Waals surface area contributed by atoms with Gasteiger partial charge in [0.25, 0.3) is 0 Å². The second kappa shape index (κ2) is 6.21. The molecule has 2 heterocycles. The Hall–Kier alpha value is -1.46. The van der Waals surface area contributed by atoms with Gasteiger partial charge in [0, 0.05) is 31.4 Å². The first kappa shape index (κ1) is 16.4. The second-order valence-corrected chi connectivity index (χ2v) is 7.48. The first-order valence-electron chi connectivity index (χ1n) is 8.45. The van der Waals surface area contributed by atoms with Crippen LogP contribution in [-0.4, -0.2) is 42.5 Å². The lowest BCUT2D eigenvalue weighted by Gasteiger charge is -2.47. The van der Waals surface area contributed by atoms with Crippen LogP contribution < -0.4 is 10.6 Å². The van der Waals surface area contributed by atoms with Gasteiger partial charge in [0.05, 0.1) is 6.04 Å². The molecule has 1 aromatic rings. The minimum atomic E-state index is -0.303. The number of nitrogens with zero attached hydrogens (tertiary/aromatic N) is 2. The van der Waals surface area contributed by atoms with Crippen molar-refractivity contribution in [1.29, 1.82) is 0 Å². The second-order valence-electron chi connectivity index (χ2n) is 7.48. The van der Waals surface area contributed by atoms with Crippen molar-refractivity contribution < 1.29 is 9.18 Å². The highest BCUT2D eigenvalue weighted by Crippen LogP contribution is 2.32. The van der Waals surface area contributed by atoms with Crippen molar-refractivity contribution in [3.63, 3.8) is 0 Å². The van der Waals surface area contributed by atoms with Crippen molar-refractivity contribution in [2.45, 2.75) is 45.2 Å². The van der Waals surface area contributed by atoms with Gasteiger partial charge in [0.1, 0.15) is 5.82 Å². The normalized spacial score (nSPS) is 28.9. The Balaban J connectivity index is 1.78. The van der Waals surface area contributed by atoms with Crippen LogP contribution in [0, 0.1) is 11.2 Å². The molecule has 2 aliphatic rings. The van der Waals surface area contributed by atoms with Gasteiger partial charge < -0.3 is 10.6 Å². The van der Waals surface area contributed by atoms with E-state index in [1.54, 1.807) is 17.0 Å². The topological polar surface area (TPSA) is 49.6 Å². The smallest absolute Gasteiger partial charge is 0.244 e. The van der Waals surface area contributed by atoms with Crippen molar-refractivity contribution in [1.82, 2.24) is 4.90 Å². The van der Waals surface area contributed by atoms with Gasteiger partial charge in [-0.15, -0.1) is 0 Å². The summed E-state index contributed by atoms with van der Waals surface area (Å²) in [6.07, 6.45) is 2.72. The molecule has 0 spiro atoms. The molecule has 0 saturated carbocycles. The van der Waals surface area contributed by atoms with E-state index in [0.717, 1.165) is 32.4 Å². The van der Waals surface area contributed by atoms with E-state index in [1.807, 2.05) is 0 Å². The van der Waals surface area contributed by atoms with Crippen molar-refractivity contribution in [3.8, 4) is 0 Å². The predicted molar refractivity (Wildman–Crippen MR) is 89.7 cm³/mol. The highest BCUT2D eigenvalue weighted by Gasteiger charge is 2.40. The largest absolute Gasteiger partial charge is 0.327 e. The van der Waals surface area contributed by atoms with Crippen LogP contribution in [0.25, 0.3) is 0 Å². The monoisotopic (exact) mass is 319 g/mol. The van der Waals surface area contributed by atoms with Crippen LogP contribution in [0.5, 0.6) is 0 Å². The number of benzene rings is 1. The number of hydrogen-bond acceptors (Lipinski definition) is 3. The van der Waals surface area contributed by atoms with Gasteiger partial charge in [-0.1, -0.05) is 19.9 Å². The summed E-state index contributed by atoms with van der Waals surface area (Å²) in [5.41, 5.74) is 6.88. The standard InChI is InChI=1S/C18H26FN3O/c1-18(2)12-21(10-8-16(18)20)15-7-4-9-22(17(15)23)14-6-3-5-13(19)11-14/h3,5-6,11,15-16H,4,7-10,12,20H2,1-2H3. The lowest BCUT2D eigenvalue weighted by molar-refractivity contribution is -0.126. The zero-order valence-corrected chi connectivity index (χ0v) is 14.0. The van der Waals surface area contributed by atoms with Gasteiger partial charge in [-0.25, -0.2) is 4.39 Å². The molecule has 2 atom stereocenters. The van der Waals surface area contributed by atoms with E-state index in [4.69, 9.17) is 5.73 Å². The Labute approximate surface area is 137 Å². The third kappa shape index (κ3) is 3.26. The van der Waals surface area contributed by atoms with Crippen LogP contribution in [0.2, 0.25) is 0 Å². The van der Waals surface area contributed by atoms with Crippen molar-refractivity contribution in [2.24, 2.45) is 11.1 Å². The first-order chi connectivity index (χ1) is 10.9. The maximum Gasteiger partial charge on any atom is 0.244 e. The number of piperidine rings is 2. The van der Waals surface area contributed by atoms with Crippen LogP contribution in [-0.2, 0) is 4.79 Å². The van der Waals surface area contributed by atoms with Crippen molar-refractivity contribution in [2.75, 3.05) is 24.5 Å². The molecule has 23 heavy (non-hydrogen) atoms. The SMILES string of the molecule is CC1(C)CN(C2CCCN(c3cccc(F)c3)C2=O)CCC1N. The summed E-state index contributed by atoms with van der Waals surface area (Å²) >= 11 is 0. The lowest BCUT2D eigenvalue weighted by atomic mass is 9.79. The molecule has 3 rings (SSSR count). The Morgan fingerprint density at radius 1 is 1.26 bits per heavy atom. The van der Waals surface area contributed by atoms with Crippen molar-refractivity contribution in [3.05, 3.63) is 30.1 Å². The molecule has 1 amide bonds. The average Bonchev–Trinajstić information content (AvgIpc) is 2.50. The van der Waals surface area contributed by atoms with Crippen LogP contribution in [0.4, 0.5) is 10.1 Å². The fourth-order valence-electron chi connectivity index (χ4n) is 3.78. The van der Waals surface area contributed by atoms with Gasteiger partial charge in [-0.3, -0.25) is 9.69 Å². The third-order valence-corrected chi connectivity index (χ3v) is 5.31. The van der Waals surface area contributed by atoms with E-state index in [-0.39, 0.29) is 29.2 Å². The van der Waals surface area contributed by atoms with Crippen molar-refractivity contribution >= 4 is 11.6 Å². The van der Waals surface area contributed by atoms with E-state index < -0.39 is 0 Å². The Morgan fingerprint density at radius 2 is 2.04 bits per heavy atom. The number of likely N-dealkylation sites (tertiary alicyclic amines) is 1. The summed E-state index contributed by atoms with van der Waals surface area (Å²) in [5.74, 6) is -0.212. The molecule has 0 radical (unpaired) electrons. The molecule has 126 valence electrons. The number of anilines is 1. The summed E-state index contributed by atoms with van der Waals surface area (Å²) in [4.78, 5) is 17.0. The molecule has 2 unspecified atom stereocenters. The Morgan fingerprint density at radius 3 is 2.74 bits per heavy atom. The highest BCUT2D eigenvalue weighted by molar-refractivity contribution is 5.97. The summed E-state index contributed by atoms with van der Waals surface area (Å²) in [5, 5.41) is 0. The zero-order chi connectivity index (χ0) is 16.6. The molecule has 0 bridgehead atoms. The molecule has 2 saturated heterocycles. The maximum atomic E-state index is 13.5. The molecule has 1 aromatic carbocycles. The Kier molecular flexibility index (Phi) is 4.43. The van der Waals surface area contributed by atoms with E-state index in [9.17, 15) is 9.18 Å². The quantitative estimate of drug-likeness (QED) is 0.910. The Bertz CT molecular complexity index is 589. The number of rotatable bonds is 2. The van der Waals surface area contributed by atoms with Gasteiger partial charge in [0.2, 0.25) is 5.91 Å². The fourth-order valence-corrected chi connectivity index (χ4v) is 3.78. The summed E-state index contributed by atoms with van der Waals surface area (Å²) in [6, 6.07) is 6.38. The van der Waals surface area contributed by atoms with Crippen LogP contribution >= 0.6 is 0 Å². The van der Waals surface area contributed by atoms with E-state index in [1.165, 1.54) is 12.1 Å². The molecule has 4 nitrogen and oxygen atoms in total. The molecule has 0 aromatic heterocycles. The summed E-state index contributed by atoms with van der Waals surface area (Å²) in [7, 11) is 0. The molecule has 5 heteroatoms. The first-order valence-corrected chi connectivity index (χ1v) is 8.45. The number of nitrogens with two attached hydrogens (primary N) is 1. The van der Waals surface area contributed by atoms with Crippen LogP contribution in [0.15, 0.2) is 24.3 Å².